The van der Waals surface area contributed by atoms with Crippen LogP contribution in [0.1, 0.15) is 11.6 Å². The Balaban J connectivity index is 0.00000112. The zero-order valence-corrected chi connectivity index (χ0v) is 9.29. The van der Waals surface area contributed by atoms with Crippen molar-refractivity contribution in [1.82, 2.24) is 4.90 Å². The molecule has 2 rings (SSSR count). The first-order chi connectivity index (χ1) is 6.75. The molecule has 84 valence electrons. The monoisotopic (exact) mass is 230 g/mol. The Morgan fingerprint density at radius 1 is 1.33 bits per heavy atom. The predicted molar refractivity (Wildman–Crippen MR) is 62.0 cm³/mol. The highest BCUT2D eigenvalue weighted by Crippen LogP contribution is 2.16. The van der Waals surface area contributed by atoms with Gasteiger partial charge in [0.1, 0.15) is 6.17 Å². The van der Waals surface area contributed by atoms with E-state index in [1.54, 1.807) is 0 Å². The van der Waals surface area contributed by atoms with Crippen LogP contribution in [0.4, 0.5) is 4.39 Å². The van der Waals surface area contributed by atoms with Gasteiger partial charge in [-0.25, -0.2) is 4.39 Å². The van der Waals surface area contributed by atoms with Crippen LogP contribution in [-0.2, 0) is 0 Å². The van der Waals surface area contributed by atoms with Gasteiger partial charge in [0.15, 0.2) is 0 Å². The second-order valence-electron chi connectivity index (χ2n) is 3.83. The summed E-state index contributed by atoms with van der Waals surface area (Å²) in [6, 6.07) is 9.95. The van der Waals surface area contributed by atoms with Crippen molar-refractivity contribution in [3.63, 3.8) is 0 Å². The fraction of sp³-hybridized carbons (Fsp3) is 0.455. The Morgan fingerprint density at radius 2 is 1.93 bits per heavy atom. The van der Waals surface area contributed by atoms with Crippen LogP contribution < -0.4 is 5.73 Å². The van der Waals surface area contributed by atoms with Gasteiger partial charge in [-0.2, -0.15) is 0 Å². The van der Waals surface area contributed by atoms with E-state index in [0.29, 0.717) is 13.1 Å². The minimum Gasteiger partial charge on any atom is -0.323 e. The van der Waals surface area contributed by atoms with Crippen molar-refractivity contribution in [2.45, 2.75) is 12.2 Å². The molecule has 1 unspecified atom stereocenters. The summed E-state index contributed by atoms with van der Waals surface area (Å²) in [6.07, 6.45) is -0.641. The third-order valence-electron chi connectivity index (χ3n) is 2.60. The molecule has 0 aromatic heterocycles. The molecule has 0 spiro atoms. The van der Waals surface area contributed by atoms with Gasteiger partial charge in [0, 0.05) is 25.7 Å². The lowest BCUT2D eigenvalue weighted by atomic mass is 10.1. The summed E-state index contributed by atoms with van der Waals surface area (Å²) >= 11 is 0. The van der Waals surface area contributed by atoms with Gasteiger partial charge in [0.25, 0.3) is 0 Å². The molecule has 1 aliphatic heterocycles. The Morgan fingerprint density at radius 3 is 2.47 bits per heavy atom. The van der Waals surface area contributed by atoms with Gasteiger partial charge in [-0.3, -0.25) is 4.90 Å². The van der Waals surface area contributed by atoms with E-state index < -0.39 is 6.17 Å². The first kappa shape index (κ1) is 12.4. The number of nitrogens with zero attached hydrogens (tertiary/aromatic N) is 1. The largest absolute Gasteiger partial charge is 0.323 e. The maximum atomic E-state index is 12.5. The first-order valence-electron chi connectivity index (χ1n) is 4.92. The fourth-order valence-electron chi connectivity index (χ4n) is 1.74. The number of hydrogen-bond donors (Lipinski definition) is 1. The van der Waals surface area contributed by atoms with Gasteiger partial charge >= 0.3 is 0 Å². The summed E-state index contributed by atoms with van der Waals surface area (Å²) in [5.41, 5.74) is 7.11. The lowest BCUT2D eigenvalue weighted by Crippen LogP contribution is -2.50. The molecule has 1 saturated heterocycles. The quantitative estimate of drug-likeness (QED) is 0.858. The summed E-state index contributed by atoms with van der Waals surface area (Å²) in [4.78, 5) is 2.04. The molecule has 1 aromatic rings. The third-order valence-corrected chi connectivity index (χ3v) is 2.60. The van der Waals surface area contributed by atoms with Crippen molar-refractivity contribution < 1.29 is 4.39 Å². The number of halogens is 2. The molecule has 1 aromatic carbocycles. The molecule has 2 nitrogen and oxygen atoms in total. The Kier molecular flexibility index (Phi) is 4.51. The van der Waals surface area contributed by atoms with Gasteiger partial charge in [0.05, 0.1) is 0 Å². The predicted octanol–water partition coefficient (Wildman–Crippen LogP) is 1.76. The van der Waals surface area contributed by atoms with Crippen molar-refractivity contribution in [3.8, 4) is 0 Å². The number of hydrogen-bond acceptors (Lipinski definition) is 2. The van der Waals surface area contributed by atoms with Crippen LogP contribution in [0.3, 0.4) is 0 Å². The van der Waals surface area contributed by atoms with E-state index in [0.717, 1.165) is 12.1 Å². The summed E-state index contributed by atoms with van der Waals surface area (Å²) in [5.74, 6) is 0. The van der Waals surface area contributed by atoms with E-state index >= 15 is 0 Å². The summed E-state index contributed by atoms with van der Waals surface area (Å²) in [7, 11) is 0. The molecule has 1 aliphatic rings. The molecule has 0 aliphatic carbocycles. The smallest absolute Gasteiger partial charge is 0.125 e. The fourth-order valence-corrected chi connectivity index (χ4v) is 1.74. The van der Waals surface area contributed by atoms with Crippen LogP contribution >= 0.6 is 12.4 Å². The molecular formula is C11H16ClFN2. The number of alkyl halides is 1. The number of rotatable bonds is 3. The Labute approximate surface area is 95.7 Å². The van der Waals surface area contributed by atoms with E-state index in [2.05, 4.69) is 0 Å². The van der Waals surface area contributed by atoms with E-state index in [4.69, 9.17) is 5.73 Å². The Bertz CT molecular complexity index is 288. The molecule has 15 heavy (non-hydrogen) atoms. The van der Waals surface area contributed by atoms with E-state index in [1.165, 1.54) is 0 Å². The SMILES string of the molecule is Cl.NC(CN1CC(F)C1)c1ccccc1. The maximum absolute atomic E-state index is 12.5. The molecule has 1 atom stereocenters. The van der Waals surface area contributed by atoms with E-state index in [-0.39, 0.29) is 18.4 Å². The highest BCUT2D eigenvalue weighted by molar-refractivity contribution is 5.85. The van der Waals surface area contributed by atoms with Crippen molar-refractivity contribution >= 4 is 12.4 Å². The molecule has 1 fully saturated rings. The van der Waals surface area contributed by atoms with E-state index in [9.17, 15) is 4.39 Å². The van der Waals surface area contributed by atoms with Crippen molar-refractivity contribution in [2.24, 2.45) is 5.73 Å². The van der Waals surface area contributed by atoms with Gasteiger partial charge in [-0.15, -0.1) is 12.4 Å². The maximum Gasteiger partial charge on any atom is 0.125 e. The molecule has 0 amide bonds. The van der Waals surface area contributed by atoms with Crippen LogP contribution in [0.25, 0.3) is 0 Å². The normalized spacial score (nSPS) is 19.1. The minimum atomic E-state index is -0.641. The van der Waals surface area contributed by atoms with Gasteiger partial charge < -0.3 is 5.73 Å². The molecule has 2 N–H and O–H groups in total. The third kappa shape index (κ3) is 3.16. The van der Waals surface area contributed by atoms with Gasteiger partial charge in [0.2, 0.25) is 0 Å². The highest BCUT2D eigenvalue weighted by atomic mass is 35.5. The molecule has 1 heterocycles. The summed E-state index contributed by atoms with van der Waals surface area (Å²) in [6.45, 7) is 1.84. The minimum absolute atomic E-state index is 0. The van der Waals surface area contributed by atoms with Gasteiger partial charge in [-0.05, 0) is 5.56 Å². The molecule has 0 radical (unpaired) electrons. The molecule has 4 heteroatoms. The average molecular weight is 231 g/mol. The molecule has 0 saturated carbocycles. The van der Waals surface area contributed by atoms with Crippen LogP contribution in [0.5, 0.6) is 0 Å². The number of likely N-dealkylation sites (tertiary alicyclic amines) is 1. The average Bonchev–Trinajstić information content (AvgIpc) is 2.17. The lowest BCUT2D eigenvalue weighted by molar-refractivity contribution is 0.0606. The molecular weight excluding hydrogens is 215 g/mol. The second-order valence-corrected chi connectivity index (χ2v) is 3.83. The van der Waals surface area contributed by atoms with Crippen molar-refractivity contribution in [3.05, 3.63) is 35.9 Å². The van der Waals surface area contributed by atoms with Crippen LogP contribution in [0.2, 0.25) is 0 Å². The van der Waals surface area contributed by atoms with Gasteiger partial charge in [-0.1, -0.05) is 30.3 Å². The topological polar surface area (TPSA) is 29.3 Å². The van der Waals surface area contributed by atoms with E-state index in [1.807, 2.05) is 35.2 Å². The number of benzene rings is 1. The zero-order chi connectivity index (χ0) is 9.97. The summed E-state index contributed by atoms with van der Waals surface area (Å²) < 4.78 is 12.5. The molecule has 0 bridgehead atoms. The van der Waals surface area contributed by atoms with Crippen LogP contribution in [0.15, 0.2) is 30.3 Å². The summed E-state index contributed by atoms with van der Waals surface area (Å²) in [5, 5.41) is 0. The number of nitrogens with two attached hydrogens (primary N) is 1. The highest BCUT2D eigenvalue weighted by Gasteiger charge is 2.27. The Hall–Kier alpha value is -0.640. The van der Waals surface area contributed by atoms with Crippen LogP contribution in [-0.4, -0.2) is 30.7 Å². The second kappa shape index (κ2) is 5.45. The standard InChI is InChI=1S/C11H15FN2.ClH/c12-10-6-14(7-10)8-11(13)9-4-2-1-3-5-9;/h1-5,10-11H,6-8,13H2;1H. The van der Waals surface area contributed by atoms with Crippen molar-refractivity contribution in [1.29, 1.82) is 0 Å². The van der Waals surface area contributed by atoms with Crippen molar-refractivity contribution in [2.75, 3.05) is 19.6 Å². The van der Waals surface area contributed by atoms with Crippen LogP contribution in [0, 0.1) is 0 Å². The zero-order valence-electron chi connectivity index (χ0n) is 8.47. The lowest BCUT2D eigenvalue weighted by Gasteiger charge is -2.36. The first-order valence-corrected chi connectivity index (χ1v) is 4.92.